The summed E-state index contributed by atoms with van der Waals surface area (Å²) in [6.07, 6.45) is 0. The van der Waals surface area contributed by atoms with Crippen molar-refractivity contribution in [3.05, 3.63) is 34.9 Å². The average Bonchev–Trinajstić information content (AvgIpc) is 2.36. The normalized spacial score (nSPS) is 13.7. The van der Waals surface area contributed by atoms with Crippen LogP contribution < -0.4 is 5.32 Å². The topological polar surface area (TPSA) is 52.5 Å². The summed E-state index contributed by atoms with van der Waals surface area (Å²) < 4.78 is 0. The fourth-order valence-electron chi connectivity index (χ4n) is 1.43. The Kier molecular flexibility index (Phi) is 5.40. The highest BCUT2D eigenvalue weighted by molar-refractivity contribution is 6.30. The predicted molar refractivity (Wildman–Crippen MR) is 70.1 cm³/mol. The van der Waals surface area contributed by atoms with Crippen LogP contribution in [0.5, 0.6) is 0 Å². The fourth-order valence-corrected chi connectivity index (χ4v) is 1.56. The van der Waals surface area contributed by atoms with Gasteiger partial charge in [0.1, 0.15) is 0 Å². The highest BCUT2D eigenvalue weighted by Gasteiger charge is 2.22. The molecule has 0 saturated carbocycles. The highest BCUT2D eigenvalue weighted by Crippen LogP contribution is 2.18. The molecule has 4 heteroatoms. The Balaban J connectivity index is 2.55. The fraction of sp³-hybridized carbons (Fsp3) is 0.538. The molecular weight excluding hydrogens is 238 g/mol. The van der Waals surface area contributed by atoms with E-state index in [1.807, 2.05) is 38.1 Å². The minimum Gasteiger partial charge on any atom is -0.396 e. The van der Waals surface area contributed by atoms with Crippen molar-refractivity contribution in [2.45, 2.75) is 19.9 Å². The van der Waals surface area contributed by atoms with Crippen LogP contribution in [0.15, 0.2) is 24.3 Å². The third-order valence-corrected chi connectivity index (χ3v) is 3.22. The molecule has 0 aromatic heterocycles. The van der Waals surface area contributed by atoms with Gasteiger partial charge in [-0.05, 0) is 24.6 Å². The summed E-state index contributed by atoms with van der Waals surface area (Å²) in [5.74, 6) is 0. The first kappa shape index (κ1) is 14.5. The summed E-state index contributed by atoms with van der Waals surface area (Å²) in [5.41, 5.74) is 0.647. The zero-order chi connectivity index (χ0) is 12.9. The first-order valence-electron chi connectivity index (χ1n) is 5.71. The number of halogens is 1. The molecular formula is C13H20ClNO2. The summed E-state index contributed by atoms with van der Waals surface area (Å²) >= 11 is 5.82. The summed E-state index contributed by atoms with van der Waals surface area (Å²) in [7, 11) is 0. The summed E-state index contributed by atoms with van der Waals surface area (Å²) in [4.78, 5) is 0. The number of benzene rings is 1. The van der Waals surface area contributed by atoms with E-state index in [2.05, 4.69) is 5.32 Å². The van der Waals surface area contributed by atoms with Crippen LogP contribution >= 0.6 is 11.6 Å². The van der Waals surface area contributed by atoms with Crippen molar-refractivity contribution < 1.29 is 10.2 Å². The smallest absolute Gasteiger partial charge is 0.0519 e. The van der Waals surface area contributed by atoms with Crippen LogP contribution in [0.3, 0.4) is 0 Å². The first-order valence-corrected chi connectivity index (χ1v) is 6.09. The standard InChI is InChI=1S/C13H20ClNO2/c1-10(11-3-5-12(14)6-4-11)15-7-13(2,8-16)9-17/h3-6,10,15-17H,7-9H2,1-2H3/t10-/m1/s1. The van der Waals surface area contributed by atoms with Gasteiger partial charge in [-0.3, -0.25) is 0 Å². The number of aliphatic hydroxyl groups is 2. The van der Waals surface area contributed by atoms with Crippen LogP contribution in [0.4, 0.5) is 0 Å². The van der Waals surface area contributed by atoms with E-state index < -0.39 is 5.41 Å². The molecule has 1 aromatic rings. The van der Waals surface area contributed by atoms with Gasteiger partial charge >= 0.3 is 0 Å². The van der Waals surface area contributed by atoms with Crippen LogP contribution in [0.1, 0.15) is 25.5 Å². The van der Waals surface area contributed by atoms with Gasteiger partial charge in [0.05, 0.1) is 13.2 Å². The van der Waals surface area contributed by atoms with Gasteiger partial charge < -0.3 is 15.5 Å². The van der Waals surface area contributed by atoms with Gasteiger partial charge in [-0.1, -0.05) is 30.7 Å². The van der Waals surface area contributed by atoms with Gasteiger partial charge in [-0.25, -0.2) is 0 Å². The molecule has 0 unspecified atom stereocenters. The van der Waals surface area contributed by atoms with Gasteiger partial charge in [-0.15, -0.1) is 0 Å². The van der Waals surface area contributed by atoms with Crippen LogP contribution in [0.2, 0.25) is 5.02 Å². The van der Waals surface area contributed by atoms with Gasteiger partial charge in [0.25, 0.3) is 0 Å². The van der Waals surface area contributed by atoms with Crippen LogP contribution in [0.25, 0.3) is 0 Å². The Bertz CT molecular complexity index is 336. The van der Waals surface area contributed by atoms with Crippen molar-refractivity contribution in [1.82, 2.24) is 5.32 Å². The van der Waals surface area contributed by atoms with Crippen LogP contribution in [0, 0.1) is 5.41 Å². The van der Waals surface area contributed by atoms with E-state index in [0.29, 0.717) is 6.54 Å². The zero-order valence-electron chi connectivity index (χ0n) is 10.3. The maximum Gasteiger partial charge on any atom is 0.0519 e. The molecule has 96 valence electrons. The van der Waals surface area contributed by atoms with Crippen molar-refractivity contribution in [2.24, 2.45) is 5.41 Å². The molecule has 0 aliphatic rings. The lowest BCUT2D eigenvalue weighted by Gasteiger charge is -2.27. The Labute approximate surface area is 107 Å². The van der Waals surface area contributed by atoms with Crippen molar-refractivity contribution in [2.75, 3.05) is 19.8 Å². The largest absolute Gasteiger partial charge is 0.396 e. The van der Waals surface area contributed by atoms with Gasteiger partial charge in [0.2, 0.25) is 0 Å². The number of aliphatic hydroxyl groups excluding tert-OH is 2. The molecule has 1 rings (SSSR count). The highest BCUT2D eigenvalue weighted by atomic mass is 35.5. The molecule has 0 spiro atoms. The van der Waals surface area contributed by atoms with Gasteiger partial charge in [0, 0.05) is 23.0 Å². The lowest BCUT2D eigenvalue weighted by molar-refractivity contribution is 0.0677. The second kappa shape index (κ2) is 6.36. The number of nitrogens with one attached hydrogen (secondary N) is 1. The maximum absolute atomic E-state index is 9.19. The second-order valence-electron chi connectivity index (χ2n) is 4.78. The molecule has 17 heavy (non-hydrogen) atoms. The van der Waals surface area contributed by atoms with E-state index in [1.54, 1.807) is 0 Å². The molecule has 1 aromatic carbocycles. The van der Waals surface area contributed by atoms with E-state index in [0.717, 1.165) is 10.6 Å². The maximum atomic E-state index is 9.19. The van der Waals surface area contributed by atoms with Crippen LogP contribution in [-0.2, 0) is 0 Å². The van der Waals surface area contributed by atoms with E-state index in [-0.39, 0.29) is 19.3 Å². The minimum atomic E-state index is -0.485. The lowest BCUT2D eigenvalue weighted by Crippen LogP contribution is -2.38. The summed E-state index contributed by atoms with van der Waals surface area (Å²) in [5, 5.41) is 22.4. The SMILES string of the molecule is C[C@@H](NCC(C)(CO)CO)c1ccc(Cl)cc1. The molecule has 0 aliphatic carbocycles. The third kappa shape index (κ3) is 4.28. The van der Waals surface area contributed by atoms with Gasteiger partial charge in [0.15, 0.2) is 0 Å². The second-order valence-corrected chi connectivity index (χ2v) is 5.22. The van der Waals surface area contributed by atoms with Crippen molar-refractivity contribution in [1.29, 1.82) is 0 Å². The van der Waals surface area contributed by atoms with E-state index in [1.165, 1.54) is 0 Å². The molecule has 1 atom stereocenters. The molecule has 0 amide bonds. The van der Waals surface area contributed by atoms with E-state index in [9.17, 15) is 10.2 Å². The quantitative estimate of drug-likeness (QED) is 0.731. The zero-order valence-corrected chi connectivity index (χ0v) is 11.0. The monoisotopic (exact) mass is 257 g/mol. The number of rotatable bonds is 6. The summed E-state index contributed by atoms with van der Waals surface area (Å²) in [6.45, 7) is 4.37. The average molecular weight is 258 g/mol. The molecule has 0 radical (unpaired) electrons. The Morgan fingerprint density at radius 2 is 1.76 bits per heavy atom. The molecule has 0 aliphatic heterocycles. The van der Waals surface area contributed by atoms with Gasteiger partial charge in [-0.2, -0.15) is 0 Å². The number of hydrogen-bond donors (Lipinski definition) is 3. The molecule has 0 saturated heterocycles. The van der Waals surface area contributed by atoms with Crippen LogP contribution in [-0.4, -0.2) is 30.0 Å². The Morgan fingerprint density at radius 1 is 1.24 bits per heavy atom. The van der Waals surface area contributed by atoms with E-state index in [4.69, 9.17) is 11.6 Å². The van der Waals surface area contributed by atoms with E-state index >= 15 is 0 Å². The lowest BCUT2D eigenvalue weighted by atomic mass is 9.92. The molecule has 0 bridgehead atoms. The number of hydrogen-bond acceptors (Lipinski definition) is 3. The Morgan fingerprint density at radius 3 is 2.24 bits per heavy atom. The third-order valence-electron chi connectivity index (χ3n) is 2.97. The van der Waals surface area contributed by atoms with Crippen molar-refractivity contribution in [3.63, 3.8) is 0 Å². The Hall–Kier alpha value is -0.610. The first-order chi connectivity index (χ1) is 8.00. The molecule has 3 nitrogen and oxygen atoms in total. The predicted octanol–water partition coefficient (Wildman–Crippen LogP) is 1.98. The molecule has 3 N–H and O–H groups in total. The van der Waals surface area contributed by atoms with Crippen molar-refractivity contribution in [3.8, 4) is 0 Å². The van der Waals surface area contributed by atoms with Crippen molar-refractivity contribution >= 4 is 11.6 Å². The minimum absolute atomic E-state index is 0.0379. The molecule has 0 heterocycles. The summed E-state index contributed by atoms with van der Waals surface area (Å²) in [6, 6.07) is 7.80. The molecule has 0 fully saturated rings.